The molecule has 90 valence electrons. The summed E-state index contributed by atoms with van der Waals surface area (Å²) < 4.78 is 4.74. The summed E-state index contributed by atoms with van der Waals surface area (Å²) in [7, 11) is 0. The molecule has 0 bridgehead atoms. The Bertz CT molecular complexity index is 511. The van der Waals surface area contributed by atoms with E-state index in [1.807, 2.05) is 11.3 Å². The molecule has 0 radical (unpaired) electrons. The summed E-state index contributed by atoms with van der Waals surface area (Å²) in [5.41, 5.74) is 1.28. The lowest BCUT2D eigenvalue weighted by molar-refractivity contribution is -0.128. The molecule has 17 heavy (non-hydrogen) atoms. The molecule has 0 aliphatic heterocycles. The van der Waals surface area contributed by atoms with Crippen LogP contribution in [0, 0.1) is 13.8 Å². The minimum atomic E-state index is 0.462. The van der Waals surface area contributed by atoms with Gasteiger partial charge in [0.15, 0.2) is 0 Å². The SMILES string of the molecule is Cc1ccc(-c2cc(CCOC=O)c(C)s2)s1. The van der Waals surface area contributed by atoms with Gasteiger partial charge in [-0.3, -0.25) is 4.79 Å². The van der Waals surface area contributed by atoms with Crippen molar-refractivity contribution >= 4 is 29.1 Å². The molecule has 0 fully saturated rings. The first-order valence-electron chi connectivity index (χ1n) is 5.42. The summed E-state index contributed by atoms with van der Waals surface area (Å²) in [5.74, 6) is 0. The van der Waals surface area contributed by atoms with Crippen molar-refractivity contribution < 1.29 is 9.53 Å². The molecule has 2 rings (SSSR count). The van der Waals surface area contributed by atoms with E-state index in [1.54, 1.807) is 11.3 Å². The lowest BCUT2D eigenvalue weighted by Gasteiger charge is -1.97. The van der Waals surface area contributed by atoms with Gasteiger partial charge in [0.1, 0.15) is 0 Å². The van der Waals surface area contributed by atoms with Gasteiger partial charge in [0.05, 0.1) is 6.61 Å². The van der Waals surface area contributed by atoms with Gasteiger partial charge in [0.25, 0.3) is 6.47 Å². The highest BCUT2D eigenvalue weighted by molar-refractivity contribution is 7.22. The van der Waals surface area contributed by atoms with E-state index in [0.717, 1.165) is 6.42 Å². The van der Waals surface area contributed by atoms with E-state index in [2.05, 4.69) is 32.0 Å². The van der Waals surface area contributed by atoms with Crippen molar-refractivity contribution in [3.8, 4) is 9.75 Å². The summed E-state index contributed by atoms with van der Waals surface area (Å²) in [6.45, 7) is 5.20. The van der Waals surface area contributed by atoms with Crippen LogP contribution in [0.2, 0.25) is 0 Å². The average Bonchev–Trinajstić information content (AvgIpc) is 2.86. The van der Waals surface area contributed by atoms with Gasteiger partial charge < -0.3 is 4.74 Å². The summed E-state index contributed by atoms with van der Waals surface area (Å²) in [6.07, 6.45) is 0.797. The Labute approximate surface area is 109 Å². The van der Waals surface area contributed by atoms with Crippen molar-refractivity contribution in [2.24, 2.45) is 0 Å². The van der Waals surface area contributed by atoms with E-state index in [-0.39, 0.29) is 0 Å². The largest absolute Gasteiger partial charge is 0.468 e. The van der Waals surface area contributed by atoms with Gasteiger partial charge in [-0.1, -0.05) is 0 Å². The number of aryl methyl sites for hydroxylation is 2. The van der Waals surface area contributed by atoms with E-state index in [4.69, 9.17) is 4.74 Å². The highest BCUT2D eigenvalue weighted by Gasteiger charge is 2.08. The fourth-order valence-electron chi connectivity index (χ4n) is 1.67. The summed E-state index contributed by atoms with van der Waals surface area (Å²) >= 11 is 3.62. The van der Waals surface area contributed by atoms with Crippen molar-refractivity contribution in [3.05, 3.63) is 33.5 Å². The Morgan fingerprint density at radius 2 is 2.06 bits per heavy atom. The minimum Gasteiger partial charge on any atom is -0.468 e. The van der Waals surface area contributed by atoms with Crippen molar-refractivity contribution in [1.29, 1.82) is 0 Å². The second-order valence-corrected chi connectivity index (χ2v) is 6.36. The molecule has 0 aliphatic rings. The Hall–Kier alpha value is -1.13. The number of carbonyl (C=O) groups is 1. The molecule has 2 heterocycles. The van der Waals surface area contributed by atoms with Crippen LogP contribution in [0.3, 0.4) is 0 Å². The van der Waals surface area contributed by atoms with Crippen LogP contribution in [0.1, 0.15) is 15.3 Å². The van der Waals surface area contributed by atoms with E-state index >= 15 is 0 Å². The number of hydrogen-bond acceptors (Lipinski definition) is 4. The zero-order valence-corrected chi connectivity index (χ0v) is 11.5. The van der Waals surface area contributed by atoms with Crippen LogP contribution in [-0.2, 0) is 16.0 Å². The fraction of sp³-hybridized carbons (Fsp3) is 0.308. The first-order valence-corrected chi connectivity index (χ1v) is 7.05. The topological polar surface area (TPSA) is 26.3 Å². The molecular weight excluding hydrogens is 252 g/mol. The third-order valence-electron chi connectivity index (χ3n) is 2.56. The molecule has 0 aromatic carbocycles. The predicted octanol–water partition coefficient (Wildman–Crippen LogP) is 3.81. The smallest absolute Gasteiger partial charge is 0.293 e. The Morgan fingerprint density at radius 3 is 2.71 bits per heavy atom. The van der Waals surface area contributed by atoms with E-state index in [0.29, 0.717) is 13.1 Å². The minimum absolute atomic E-state index is 0.462. The molecule has 0 aliphatic carbocycles. The zero-order chi connectivity index (χ0) is 12.3. The van der Waals surface area contributed by atoms with Gasteiger partial charge >= 0.3 is 0 Å². The molecule has 2 aromatic heterocycles. The van der Waals surface area contributed by atoms with Gasteiger partial charge in [0, 0.05) is 25.9 Å². The Kier molecular flexibility index (Phi) is 3.97. The fourth-order valence-corrected chi connectivity index (χ4v) is 3.69. The van der Waals surface area contributed by atoms with Crippen LogP contribution in [-0.4, -0.2) is 13.1 Å². The predicted molar refractivity (Wildman–Crippen MR) is 72.8 cm³/mol. The van der Waals surface area contributed by atoms with Crippen LogP contribution >= 0.6 is 22.7 Å². The number of rotatable bonds is 5. The Balaban J connectivity index is 2.15. The number of carbonyl (C=O) groups excluding carboxylic acids is 1. The molecule has 0 saturated carbocycles. The molecule has 0 N–H and O–H groups in total. The van der Waals surface area contributed by atoms with Gasteiger partial charge in [-0.2, -0.15) is 0 Å². The van der Waals surface area contributed by atoms with E-state index in [1.165, 1.54) is 25.1 Å². The van der Waals surface area contributed by atoms with E-state index < -0.39 is 0 Å². The first-order chi connectivity index (χ1) is 8.20. The maximum atomic E-state index is 10.1. The third kappa shape index (κ3) is 2.96. The van der Waals surface area contributed by atoms with Crippen LogP contribution in [0.5, 0.6) is 0 Å². The highest BCUT2D eigenvalue weighted by atomic mass is 32.1. The van der Waals surface area contributed by atoms with Crippen molar-refractivity contribution in [3.63, 3.8) is 0 Å². The molecule has 4 heteroatoms. The molecular formula is C13H14O2S2. The van der Waals surface area contributed by atoms with Gasteiger partial charge in [-0.15, -0.1) is 22.7 Å². The zero-order valence-electron chi connectivity index (χ0n) is 9.86. The van der Waals surface area contributed by atoms with Crippen LogP contribution < -0.4 is 0 Å². The van der Waals surface area contributed by atoms with Crippen LogP contribution in [0.4, 0.5) is 0 Å². The van der Waals surface area contributed by atoms with Crippen molar-refractivity contribution in [1.82, 2.24) is 0 Å². The molecule has 0 unspecified atom stereocenters. The van der Waals surface area contributed by atoms with E-state index in [9.17, 15) is 4.79 Å². The number of ether oxygens (including phenoxy) is 1. The van der Waals surface area contributed by atoms with Crippen molar-refractivity contribution in [2.75, 3.05) is 6.61 Å². The average molecular weight is 266 g/mol. The molecule has 2 aromatic rings. The number of thiophene rings is 2. The highest BCUT2D eigenvalue weighted by Crippen LogP contribution is 2.35. The lowest BCUT2D eigenvalue weighted by Crippen LogP contribution is -1.96. The van der Waals surface area contributed by atoms with Gasteiger partial charge in [-0.05, 0) is 37.6 Å². The van der Waals surface area contributed by atoms with Gasteiger partial charge in [0.2, 0.25) is 0 Å². The third-order valence-corrected chi connectivity index (χ3v) is 4.85. The van der Waals surface area contributed by atoms with Crippen LogP contribution in [0.15, 0.2) is 18.2 Å². The maximum absolute atomic E-state index is 10.1. The molecule has 2 nitrogen and oxygen atoms in total. The molecule has 0 saturated heterocycles. The lowest BCUT2D eigenvalue weighted by atomic mass is 10.2. The standard InChI is InChI=1S/C13H14O2S2/c1-9-3-4-12(16-9)13-7-11(10(2)17-13)5-6-15-8-14/h3-4,7-8H,5-6H2,1-2H3. The normalized spacial score (nSPS) is 10.5. The molecule has 0 amide bonds. The first kappa shape index (κ1) is 12.3. The summed E-state index contributed by atoms with van der Waals surface area (Å²) in [6, 6.07) is 6.51. The second kappa shape index (κ2) is 5.47. The molecule has 0 atom stereocenters. The van der Waals surface area contributed by atoms with Gasteiger partial charge in [-0.25, -0.2) is 0 Å². The Morgan fingerprint density at radius 1 is 1.24 bits per heavy atom. The molecule has 0 spiro atoms. The van der Waals surface area contributed by atoms with Crippen LogP contribution in [0.25, 0.3) is 9.75 Å². The number of hydrogen-bond donors (Lipinski definition) is 0. The summed E-state index contributed by atoms with van der Waals surface area (Å²) in [5, 5.41) is 0. The second-order valence-electron chi connectivity index (χ2n) is 3.82. The quantitative estimate of drug-likeness (QED) is 0.607. The van der Waals surface area contributed by atoms with Crippen molar-refractivity contribution in [2.45, 2.75) is 20.3 Å². The monoisotopic (exact) mass is 266 g/mol. The maximum Gasteiger partial charge on any atom is 0.293 e. The summed E-state index contributed by atoms with van der Waals surface area (Å²) in [4.78, 5) is 15.4.